The lowest BCUT2D eigenvalue weighted by molar-refractivity contribution is -0.139. The van der Waals surface area contributed by atoms with E-state index in [-0.39, 0.29) is 12.8 Å². The quantitative estimate of drug-likeness (QED) is 0.604. The van der Waals surface area contributed by atoms with Gasteiger partial charge >= 0.3 is 12.0 Å². The third kappa shape index (κ3) is 6.01. The summed E-state index contributed by atoms with van der Waals surface area (Å²) in [6.45, 7) is 0. The zero-order valence-electron chi connectivity index (χ0n) is 10.7. The molecule has 1 rings (SSSR count). The number of hydrogen-bond donors (Lipinski definition) is 4. The molecule has 0 aliphatic carbocycles. The number of benzene rings is 1. The highest BCUT2D eigenvalue weighted by Gasteiger charge is 2.20. The molecule has 3 amide bonds. The maximum Gasteiger partial charge on any atom is 0.326 e. The predicted molar refractivity (Wildman–Crippen MR) is 81.2 cm³/mol. The van der Waals surface area contributed by atoms with Crippen LogP contribution >= 0.6 is 27.5 Å². The fourth-order valence-corrected chi connectivity index (χ4v) is 2.23. The number of nitrogens with one attached hydrogen (secondary N) is 2. The van der Waals surface area contributed by atoms with Crippen molar-refractivity contribution in [3.05, 3.63) is 27.7 Å². The fraction of sp³-hybridized carbons (Fsp3) is 0.250. The molecule has 0 aromatic heterocycles. The number of carbonyl (C=O) groups excluding carboxylic acids is 2. The number of aliphatic carboxylic acids is 1. The lowest BCUT2D eigenvalue weighted by Gasteiger charge is -2.15. The maximum absolute atomic E-state index is 11.8. The Labute approximate surface area is 134 Å². The molecule has 0 aliphatic rings. The van der Waals surface area contributed by atoms with Gasteiger partial charge in [0.2, 0.25) is 5.91 Å². The van der Waals surface area contributed by atoms with Gasteiger partial charge in [-0.1, -0.05) is 11.6 Å². The van der Waals surface area contributed by atoms with Crippen molar-refractivity contribution in [1.29, 1.82) is 0 Å². The Morgan fingerprint density at radius 1 is 1.38 bits per heavy atom. The molecule has 0 heterocycles. The van der Waals surface area contributed by atoms with E-state index < -0.39 is 23.9 Å². The molecule has 0 unspecified atom stereocenters. The second-order valence-corrected chi connectivity index (χ2v) is 5.41. The molecule has 0 saturated carbocycles. The van der Waals surface area contributed by atoms with E-state index in [1.165, 1.54) is 0 Å². The molecule has 1 aromatic carbocycles. The number of carboxylic acid groups (broad SMARTS) is 1. The Hall–Kier alpha value is -1.80. The van der Waals surface area contributed by atoms with Gasteiger partial charge in [0.25, 0.3) is 0 Å². The van der Waals surface area contributed by atoms with Crippen LogP contribution in [-0.2, 0) is 9.59 Å². The zero-order valence-corrected chi connectivity index (χ0v) is 13.1. The average molecular weight is 379 g/mol. The Morgan fingerprint density at radius 3 is 2.57 bits per heavy atom. The highest BCUT2D eigenvalue weighted by molar-refractivity contribution is 9.10. The van der Waals surface area contributed by atoms with Crippen molar-refractivity contribution in [2.45, 2.75) is 18.9 Å². The van der Waals surface area contributed by atoms with Gasteiger partial charge < -0.3 is 21.5 Å². The molecule has 9 heteroatoms. The van der Waals surface area contributed by atoms with Gasteiger partial charge in [-0.25, -0.2) is 9.59 Å². The van der Waals surface area contributed by atoms with Crippen molar-refractivity contribution in [2.24, 2.45) is 5.73 Å². The molecule has 0 saturated heterocycles. The van der Waals surface area contributed by atoms with Crippen LogP contribution in [0.4, 0.5) is 10.5 Å². The van der Waals surface area contributed by atoms with E-state index in [1.54, 1.807) is 18.2 Å². The predicted octanol–water partition coefficient (Wildman–Crippen LogP) is 1.94. The van der Waals surface area contributed by atoms with Gasteiger partial charge in [0.1, 0.15) is 6.04 Å². The number of amides is 3. The van der Waals surface area contributed by atoms with Crippen LogP contribution in [-0.4, -0.2) is 29.1 Å². The minimum Gasteiger partial charge on any atom is -0.480 e. The molecule has 0 spiro atoms. The molecular weight excluding hydrogens is 366 g/mol. The summed E-state index contributed by atoms with van der Waals surface area (Å²) in [4.78, 5) is 33.4. The largest absolute Gasteiger partial charge is 0.480 e. The van der Waals surface area contributed by atoms with Crippen molar-refractivity contribution >= 4 is 51.1 Å². The third-order valence-corrected chi connectivity index (χ3v) is 3.35. The Bertz CT molecular complexity index is 567. The lowest BCUT2D eigenvalue weighted by Crippen LogP contribution is -2.43. The second kappa shape index (κ2) is 7.84. The van der Waals surface area contributed by atoms with Crippen molar-refractivity contribution in [3.63, 3.8) is 0 Å². The molecule has 0 aliphatic heterocycles. The average Bonchev–Trinajstić information content (AvgIpc) is 2.37. The number of carbonyl (C=O) groups is 3. The zero-order chi connectivity index (χ0) is 16.0. The standard InChI is InChI=1S/C12H13BrClN3O4/c13-7-5-6(14)1-2-8(7)16-12(21)17-9(11(19)20)3-4-10(15)18/h1-2,5,9H,3-4H2,(H2,15,18)(H,19,20)(H2,16,17,21)/t9-/m1/s1. The van der Waals surface area contributed by atoms with Crippen LogP contribution in [0.3, 0.4) is 0 Å². The summed E-state index contributed by atoms with van der Waals surface area (Å²) in [5.41, 5.74) is 5.38. The summed E-state index contributed by atoms with van der Waals surface area (Å²) in [5, 5.41) is 14.2. The van der Waals surface area contributed by atoms with Gasteiger partial charge in [0.15, 0.2) is 0 Å². The monoisotopic (exact) mass is 377 g/mol. The van der Waals surface area contributed by atoms with Gasteiger partial charge in [0.05, 0.1) is 5.69 Å². The first kappa shape index (κ1) is 17.3. The Kier molecular flexibility index (Phi) is 6.44. The molecule has 1 aromatic rings. The van der Waals surface area contributed by atoms with E-state index >= 15 is 0 Å². The number of halogens is 2. The SMILES string of the molecule is NC(=O)CC[C@@H](NC(=O)Nc1ccc(Cl)cc1Br)C(=O)O. The number of primary amides is 1. The Morgan fingerprint density at radius 2 is 2.05 bits per heavy atom. The van der Waals surface area contributed by atoms with Crippen molar-refractivity contribution in [1.82, 2.24) is 5.32 Å². The van der Waals surface area contributed by atoms with E-state index in [4.69, 9.17) is 22.4 Å². The van der Waals surface area contributed by atoms with Crippen LogP contribution < -0.4 is 16.4 Å². The van der Waals surface area contributed by atoms with Crippen LogP contribution in [0, 0.1) is 0 Å². The van der Waals surface area contributed by atoms with Crippen LogP contribution in [0.1, 0.15) is 12.8 Å². The van der Waals surface area contributed by atoms with E-state index in [1.807, 2.05) is 0 Å². The summed E-state index contributed by atoms with van der Waals surface area (Å²) in [6.07, 6.45) is -0.220. The number of hydrogen-bond acceptors (Lipinski definition) is 3. The topological polar surface area (TPSA) is 122 Å². The lowest BCUT2D eigenvalue weighted by atomic mass is 10.1. The molecule has 5 N–H and O–H groups in total. The molecule has 7 nitrogen and oxygen atoms in total. The van der Waals surface area contributed by atoms with E-state index in [0.717, 1.165) is 0 Å². The van der Waals surface area contributed by atoms with E-state index in [0.29, 0.717) is 15.2 Å². The smallest absolute Gasteiger partial charge is 0.326 e. The first-order chi connectivity index (χ1) is 9.79. The number of urea groups is 1. The van der Waals surface area contributed by atoms with Gasteiger partial charge in [-0.2, -0.15) is 0 Å². The van der Waals surface area contributed by atoms with Crippen molar-refractivity contribution in [3.8, 4) is 0 Å². The highest BCUT2D eigenvalue weighted by atomic mass is 79.9. The normalized spacial score (nSPS) is 11.5. The molecule has 0 fully saturated rings. The van der Waals surface area contributed by atoms with Crippen molar-refractivity contribution in [2.75, 3.05) is 5.32 Å². The molecule has 0 radical (unpaired) electrons. The van der Waals surface area contributed by atoms with Crippen LogP contribution in [0.5, 0.6) is 0 Å². The Balaban J connectivity index is 2.65. The summed E-state index contributed by atoms with van der Waals surface area (Å²) in [5.74, 6) is -1.88. The minimum absolute atomic E-state index is 0.0835. The molecular formula is C12H13BrClN3O4. The van der Waals surface area contributed by atoms with Gasteiger partial charge in [0, 0.05) is 15.9 Å². The van der Waals surface area contributed by atoms with Gasteiger partial charge in [-0.15, -0.1) is 0 Å². The fourth-order valence-electron chi connectivity index (χ4n) is 1.45. The number of carboxylic acids is 1. The first-order valence-electron chi connectivity index (χ1n) is 5.83. The van der Waals surface area contributed by atoms with Crippen LogP contribution in [0.2, 0.25) is 5.02 Å². The van der Waals surface area contributed by atoms with Gasteiger partial charge in [-0.3, -0.25) is 4.79 Å². The maximum atomic E-state index is 11.8. The summed E-state index contributed by atoms with van der Waals surface area (Å²) in [7, 11) is 0. The van der Waals surface area contributed by atoms with E-state index in [9.17, 15) is 14.4 Å². The summed E-state index contributed by atoms with van der Waals surface area (Å²) < 4.78 is 0.550. The van der Waals surface area contributed by atoms with Gasteiger partial charge in [-0.05, 0) is 40.5 Å². The molecule has 0 bridgehead atoms. The first-order valence-corrected chi connectivity index (χ1v) is 7.00. The number of nitrogens with two attached hydrogens (primary N) is 1. The number of rotatable bonds is 6. The summed E-state index contributed by atoms with van der Waals surface area (Å²) >= 11 is 8.99. The van der Waals surface area contributed by atoms with Crippen LogP contribution in [0.25, 0.3) is 0 Å². The third-order valence-electron chi connectivity index (χ3n) is 2.46. The summed E-state index contributed by atoms with van der Waals surface area (Å²) in [6, 6.07) is 2.80. The van der Waals surface area contributed by atoms with Crippen LogP contribution in [0.15, 0.2) is 22.7 Å². The van der Waals surface area contributed by atoms with E-state index in [2.05, 4.69) is 26.6 Å². The molecule has 1 atom stereocenters. The highest BCUT2D eigenvalue weighted by Crippen LogP contribution is 2.25. The molecule has 21 heavy (non-hydrogen) atoms. The second-order valence-electron chi connectivity index (χ2n) is 4.12. The minimum atomic E-state index is -1.25. The number of anilines is 1. The van der Waals surface area contributed by atoms with Crippen molar-refractivity contribution < 1.29 is 19.5 Å². The molecule has 114 valence electrons.